The predicted octanol–water partition coefficient (Wildman–Crippen LogP) is 7.29. The Morgan fingerprint density at radius 3 is 1.44 bits per heavy atom. The Labute approximate surface area is 427 Å². The number of likely N-dealkylation sites (tertiary alicyclic amines) is 2. The van der Waals surface area contributed by atoms with E-state index in [0.717, 1.165) is 59.7 Å². The minimum atomic E-state index is -0.827. The van der Waals surface area contributed by atoms with Gasteiger partial charge in [0, 0.05) is 55.0 Å². The number of ether oxygens (including phenoxy) is 3. The second-order valence-electron chi connectivity index (χ2n) is 19.9. The number of hydrogen-bond donors (Lipinski definition) is 4. The van der Waals surface area contributed by atoms with Gasteiger partial charge in [0.05, 0.1) is 39.5 Å². The van der Waals surface area contributed by atoms with Crippen molar-refractivity contribution in [1.29, 1.82) is 0 Å². The first-order valence-corrected chi connectivity index (χ1v) is 25.5. The lowest BCUT2D eigenvalue weighted by Crippen LogP contribution is -2.54. The molecule has 4 aliphatic heterocycles. The van der Waals surface area contributed by atoms with E-state index in [0.29, 0.717) is 63.4 Å². The zero-order valence-corrected chi connectivity index (χ0v) is 42.7. The Morgan fingerprint density at radius 2 is 1.03 bits per heavy atom. The van der Waals surface area contributed by atoms with E-state index in [2.05, 4.69) is 67.5 Å². The molecule has 4 fully saturated rings. The summed E-state index contributed by atoms with van der Waals surface area (Å²) in [5, 5.41) is 11.4. The number of amides is 6. The Balaban J connectivity index is 0.996. The summed E-state index contributed by atoms with van der Waals surface area (Å²) in [6.07, 6.45) is 4.56. The maximum Gasteiger partial charge on any atom is 0.407 e. The maximum atomic E-state index is 13.8. The monoisotopic (exact) mass is 1000 g/mol. The molecular formula is C55H69N9O9. The van der Waals surface area contributed by atoms with Gasteiger partial charge in [-0.15, -0.1) is 0 Å². The Bertz CT molecular complexity index is 2450. The number of nitrogens with one attached hydrogen (secondary N) is 4. The molecule has 4 N–H and O–H groups in total. The molecule has 0 saturated carbocycles. The van der Waals surface area contributed by atoms with Crippen LogP contribution in [0.5, 0.6) is 0 Å². The van der Waals surface area contributed by atoms with Crippen LogP contribution in [0, 0.1) is 11.8 Å². The Kier molecular flexibility index (Phi) is 16.8. The highest BCUT2D eigenvalue weighted by Gasteiger charge is 2.41. The Morgan fingerprint density at radius 1 is 0.575 bits per heavy atom. The van der Waals surface area contributed by atoms with Gasteiger partial charge < -0.3 is 55.1 Å². The zero-order valence-electron chi connectivity index (χ0n) is 42.7. The summed E-state index contributed by atoms with van der Waals surface area (Å²) < 4.78 is 15.0. The number of hydrogen-bond acceptors (Lipinski definition) is 12. The van der Waals surface area contributed by atoms with Gasteiger partial charge in [0.25, 0.3) is 0 Å². The summed E-state index contributed by atoms with van der Waals surface area (Å²) in [7, 11) is 2.50. The maximum absolute atomic E-state index is 13.8. The zero-order chi connectivity index (χ0) is 51.8. The largest absolute Gasteiger partial charge is 0.453 e. The molecule has 6 atom stereocenters. The third-order valence-electron chi connectivity index (χ3n) is 14.6. The first-order chi connectivity index (χ1) is 35.2. The van der Waals surface area contributed by atoms with Crippen molar-refractivity contribution in [3.05, 3.63) is 102 Å². The molecule has 3 aromatic carbocycles. The summed E-state index contributed by atoms with van der Waals surface area (Å²) in [5.74, 6) is -0.685. The number of nitrogens with zero attached hydrogens (tertiary/aromatic N) is 5. The quantitative estimate of drug-likeness (QED) is 0.0928. The van der Waals surface area contributed by atoms with Gasteiger partial charge in [-0.3, -0.25) is 19.2 Å². The summed E-state index contributed by atoms with van der Waals surface area (Å²) in [6.45, 7) is 11.2. The molecule has 73 heavy (non-hydrogen) atoms. The van der Waals surface area contributed by atoms with Crippen LogP contribution in [0.4, 0.5) is 32.5 Å². The highest BCUT2D eigenvalue weighted by Crippen LogP contribution is 2.47. The van der Waals surface area contributed by atoms with Gasteiger partial charge in [-0.1, -0.05) is 64.1 Å². The van der Waals surface area contributed by atoms with Crippen LogP contribution >= 0.6 is 0 Å². The number of carbonyl (C=O) groups is 6. The standard InChI is InChI=1S/C55H69N9O9/c1-34(2)48(59-54(69)71-5)52(67)62-27-7-9-45(62)50(65)57-40-18-11-37(12-19-40)43-24-25-44(64(43)42-22-15-36(16-23-42)39-17-26-47(56-33-39)61-29-31-73-32-30-61)38-13-20-41(21-14-38)58-51(66)46-10-8-28-63(46)53(68)49(35(3)4)60-55(70)72-6/h11-23,26,33-35,43-46,48-49H,7-10,24-25,27-32H2,1-6H3,(H,57,65)(H,58,66)(H,59,69)(H,60,70)/t43?,44?,45-,46-,48-,49-/m0/s1. The van der Waals surface area contributed by atoms with Crippen molar-refractivity contribution in [2.45, 2.75) is 102 Å². The van der Waals surface area contributed by atoms with Crippen LogP contribution in [0.3, 0.4) is 0 Å². The Hall–Kier alpha value is -7.21. The lowest BCUT2D eigenvalue weighted by atomic mass is 10.0. The van der Waals surface area contributed by atoms with Crippen LogP contribution in [-0.2, 0) is 33.4 Å². The van der Waals surface area contributed by atoms with Crippen molar-refractivity contribution < 1.29 is 43.0 Å². The van der Waals surface area contributed by atoms with Crippen molar-refractivity contribution in [3.8, 4) is 11.1 Å². The van der Waals surface area contributed by atoms with E-state index in [1.165, 1.54) is 14.2 Å². The van der Waals surface area contributed by atoms with E-state index < -0.39 is 36.4 Å². The lowest BCUT2D eigenvalue weighted by Gasteiger charge is -2.34. The van der Waals surface area contributed by atoms with Crippen LogP contribution < -0.4 is 31.1 Å². The first kappa shape index (κ1) is 52.1. The molecule has 0 bridgehead atoms. The molecule has 4 aliphatic rings. The lowest BCUT2D eigenvalue weighted by molar-refractivity contribution is -0.139. The fourth-order valence-corrected chi connectivity index (χ4v) is 10.6. The molecule has 8 rings (SSSR count). The first-order valence-electron chi connectivity index (χ1n) is 25.5. The average molecular weight is 1000 g/mol. The summed E-state index contributed by atoms with van der Waals surface area (Å²) >= 11 is 0. The summed E-state index contributed by atoms with van der Waals surface area (Å²) in [5.41, 5.74) is 6.45. The highest BCUT2D eigenvalue weighted by atomic mass is 16.5. The van der Waals surface area contributed by atoms with Gasteiger partial charge in [0.1, 0.15) is 30.0 Å². The number of pyridine rings is 1. The average Bonchev–Trinajstić information content (AvgIpc) is 4.21. The second kappa shape index (κ2) is 23.6. The van der Waals surface area contributed by atoms with Gasteiger partial charge in [-0.25, -0.2) is 14.6 Å². The minimum Gasteiger partial charge on any atom is -0.453 e. The number of alkyl carbamates (subject to hydrolysis) is 2. The number of carbonyl (C=O) groups excluding carboxylic acids is 6. The molecule has 0 radical (unpaired) electrons. The number of anilines is 4. The topological polar surface area (TPSA) is 204 Å². The second-order valence-corrected chi connectivity index (χ2v) is 19.9. The van der Waals surface area contributed by atoms with Gasteiger partial charge >= 0.3 is 12.2 Å². The van der Waals surface area contributed by atoms with E-state index in [-0.39, 0.29) is 47.5 Å². The molecule has 4 aromatic rings. The molecule has 0 aliphatic carbocycles. The molecular weight excluding hydrogens is 931 g/mol. The minimum absolute atomic E-state index is 0.0260. The molecule has 5 heterocycles. The van der Waals surface area contributed by atoms with Crippen molar-refractivity contribution >= 4 is 58.7 Å². The number of benzene rings is 3. The van der Waals surface area contributed by atoms with E-state index in [4.69, 9.17) is 19.2 Å². The van der Waals surface area contributed by atoms with E-state index in [9.17, 15) is 28.8 Å². The molecule has 388 valence electrons. The van der Waals surface area contributed by atoms with Gasteiger partial charge in [0.15, 0.2) is 0 Å². The SMILES string of the molecule is COC(=O)N[C@H](C(=O)N1CCC[C@H]1C(=O)Nc1ccc(C2CCC(c3ccc(NC(=O)[C@@H]4CCCN4C(=O)[C@@H](NC(=O)OC)C(C)C)cc3)N2c2ccc(-c3ccc(N4CCOCC4)nc3)cc2)cc1)C(C)C. The molecule has 1 aromatic heterocycles. The van der Waals surface area contributed by atoms with E-state index in [1.807, 2.05) is 82.4 Å². The van der Waals surface area contributed by atoms with Crippen molar-refractivity contribution in [3.63, 3.8) is 0 Å². The fraction of sp³-hybridized carbons (Fsp3) is 0.473. The highest BCUT2D eigenvalue weighted by molar-refractivity contribution is 5.99. The van der Waals surface area contributed by atoms with Crippen LogP contribution in [0.2, 0.25) is 0 Å². The van der Waals surface area contributed by atoms with Crippen molar-refractivity contribution in [1.82, 2.24) is 25.4 Å². The molecule has 6 amide bonds. The number of methoxy groups -OCH3 is 2. The van der Waals surface area contributed by atoms with Gasteiger partial charge in [-0.2, -0.15) is 0 Å². The number of rotatable bonds is 15. The summed E-state index contributed by atoms with van der Waals surface area (Å²) in [6, 6.07) is 25.5. The van der Waals surface area contributed by atoms with Crippen LogP contribution in [-0.4, -0.2) is 128 Å². The predicted molar refractivity (Wildman–Crippen MR) is 278 cm³/mol. The fourth-order valence-electron chi connectivity index (χ4n) is 10.6. The van der Waals surface area contributed by atoms with Gasteiger partial charge in [0.2, 0.25) is 23.6 Å². The molecule has 18 heteroatoms. The molecule has 2 unspecified atom stereocenters. The molecule has 4 saturated heterocycles. The van der Waals surface area contributed by atoms with Crippen LogP contribution in [0.25, 0.3) is 11.1 Å². The smallest absolute Gasteiger partial charge is 0.407 e. The molecule has 18 nitrogen and oxygen atoms in total. The number of aromatic nitrogens is 1. The normalized spacial score (nSPS) is 20.7. The van der Waals surface area contributed by atoms with Crippen molar-refractivity contribution in [2.24, 2.45) is 11.8 Å². The third kappa shape index (κ3) is 12.0. The van der Waals surface area contributed by atoms with E-state index >= 15 is 0 Å². The van der Waals surface area contributed by atoms with Crippen LogP contribution in [0.1, 0.15) is 89.4 Å². The van der Waals surface area contributed by atoms with Crippen LogP contribution in [0.15, 0.2) is 91.1 Å². The van der Waals surface area contributed by atoms with Gasteiger partial charge in [-0.05, 0) is 116 Å². The molecule has 0 spiro atoms. The summed E-state index contributed by atoms with van der Waals surface area (Å²) in [4.78, 5) is 91.6. The third-order valence-corrected chi connectivity index (χ3v) is 14.6. The number of morpholine rings is 1. The van der Waals surface area contributed by atoms with E-state index in [1.54, 1.807) is 9.80 Å². The van der Waals surface area contributed by atoms with Crippen molar-refractivity contribution in [2.75, 3.05) is 74.0 Å².